The molecule has 1 fully saturated rings. The van der Waals surface area contributed by atoms with Crippen molar-refractivity contribution in [2.24, 2.45) is 5.92 Å². The molecule has 1 heterocycles. The van der Waals surface area contributed by atoms with Crippen LogP contribution in [0, 0.1) is 5.92 Å². The number of nitrogens with zero attached hydrogens (tertiary/aromatic N) is 1. The molecular formula is C10H19NO4S. The Hall–Kier alpha value is -0.620. The molecule has 94 valence electrons. The van der Waals surface area contributed by atoms with E-state index in [1.807, 2.05) is 0 Å². The summed E-state index contributed by atoms with van der Waals surface area (Å²) in [4.78, 5) is 13.3. The van der Waals surface area contributed by atoms with Gasteiger partial charge < -0.3 is 10.0 Å². The molecule has 5 nitrogen and oxygen atoms in total. The third-order valence-corrected chi connectivity index (χ3v) is 3.86. The van der Waals surface area contributed by atoms with Crippen LogP contribution < -0.4 is 0 Å². The second-order valence-corrected chi connectivity index (χ2v) is 6.65. The van der Waals surface area contributed by atoms with Crippen LogP contribution in [0.5, 0.6) is 0 Å². The van der Waals surface area contributed by atoms with Crippen molar-refractivity contribution in [1.29, 1.82) is 0 Å². The highest BCUT2D eigenvalue weighted by molar-refractivity contribution is 7.90. The fourth-order valence-electron chi connectivity index (χ4n) is 1.80. The standard InChI is InChI=1S/C10H19NO4S/c1-16(14,15)7-4-10(13)11-5-2-9(8-12)3-6-11/h9,12H,2-8H2,1H3. The minimum atomic E-state index is -3.06. The van der Waals surface area contributed by atoms with E-state index in [0.29, 0.717) is 19.0 Å². The average molecular weight is 249 g/mol. The molecule has 0 spiro atoms. The highest BCUT2D eigenvalue weighted by Gasteiger charge is 2.22. The zero-order valence-corrected chi connectivity index (χ0v) is 10.4. The van der Waals surface area contributed by atoms with Crippen LogP contribution >= 0.6 is 0 Å². The second-order valence-electron chi connectivity index (χ2n) is 4.39. The summed E-state index contributed by atoms with van der Waals surface area (Å²) in [7, 11) is -3.06. The average Bonchev–Trinajstić information content (AvgIpc) is 2.25. The molecule has 1 aliphatic heterocycles. The molecule has 0 saturated carbocycles. The van der Waals surface area contributed by atoms with Crippen LogP contribution in [0.2, 0.25) is 0 Å². The first-order chi connectivity index (χ1) is 7.42. The molecule has 1 amide bonds. The van der Waals surface area contributed by atoms with E-state index in [-0.39, 0.29) is 24.7 Å². The number of aliphatic hydroxyl groups excluding tert-OH is 1. The molecule has 0 aliphatic carbocycles. The Labute approximate surface area is 96.4 Å². The molecule has 0 radical (unpaired) electrons. The van der Waals surface area contributed by atoms with E-state index in [2.05, 4.69) is 0 Å². The molecule has 6 heteroatoms. The quantitative estimate of drug-likeness (QED) is 0.739. The van der Waals surface area contributed by atoms with Crippen LogP contribution in [-0.2, 0) is 14.6 Å². The molecule has 0 unspecified atom stereocenters. The van der Waals surface area contributed by atoms with Crippen molar-refractivity contribution in [2.45, 2.75) is 19.3 Å². The molecule has 0 atom stereocenters. The van der Waals surface area contributed by atoms with Gasteiger partial charge in [-0.1, -0.05) is 0 Å². The van der Waals surface area contributed by atoms with Crippen molar-refractivity contribution in [2.75, 3.05) is 31.7 Å². The molecule has 16 heavy (non-hydrogen) atoms. The molecule has 0 aromatic heterocycles. The number of sulfone groups is 1. The molecule has 0 bridgehead atoms. The van der Waals surface area contributed by atoms with E-state index in [9.17, 15) is 13.2 Å². The van der Waals surface area contributed by atoms with Crippen LogP contribution in [0.25, 0.3) is 0 Å². The fourth-order valence-corrected chi connectivity index (χ4v) is 2.34. The second kappa shape index (κ2) is 5.63. The van der Waals surface area contributed by atoms with Gasteiger partial charge in [-0.15, -0.1) is 0 Å². The summed E-state index contributed by atoms with van der Waals surface area (Å²) in [6.45, 7) is 1.44. The van der Waals surface area contributed by atoms with E-state index in [1.165, 1.54) is 0 Å². The van der Waals surface area contributed by atoms with E-state index in [4.69, 9.17) is 5.11 Å². The van der Waals surface area contributed by atoms with E-state index < -0.39 is 9.84 Å². The Morgan fingerprint density at radius 1 is 1.38 bits per heavy atom. The Morgan fingerprint density at radius 3 is 2.38 bits per heavy atom. The summed E-state index contributed by atoms with van der Waals surface area (Å²) >= 11 is 0. The normalized spacial score (nSPS) is 18.8. The minimum absolute atomic E-state index is 0.0720. The zero-order valence-electron chi connectivity index (χ0n) is 9.55. The SMILES string of the molecule is CS(=O)(=O)CCC(=O)N1CCC(CO)CC1. The van der Waals surface area contributed by atoms with Gasteiger partial charge in [0.15, 0.2) is 0 Å². The Balaban J connectivity index is 2.34. The van der Waals surface area contributed by atoms with Crippen LogP contribution in [-0.4, -0.2) is 56.0 Å². The molecule has 0 aromatic rings. The van der Waals surface area contributed by atoms with Crippen molar-refractivity contribution in [3.63, 3.8) is 0 Å². The van der Waals surface area contributed by atoms with Crippen molar-refractivity contribution in [1.82, 2.24) is 4.90 Å². The number of piperidine rings is 1. The van der Waals surface area contributed by atoms with Gasteiger partial charge in [0, 0.05) is 32.4 Å². The van der Waals surface area contributed by atoms with Crippen molar-refractivity contribution < 1.29 is 18.3 Å². The topological polar surface area (TPSA) is 74.7 Å². The van der Waals surface area contributed by atoms with Gasteiger partial charge in [0.25, 0.3) is 0 Å². The summed E-state index contributed by atoms with van der Waals surface area (Å²) in [6.07, 6.45) is 2.82. The maximum Gasteiger partial charge on any atom is 0.223 e. The lowest BCUT2D eigenvalue weighted by molar-refractivity contribution is -0.132. The van der Waals surface area contributed by atoms with Crippen molar-refractivity contribution in [3.05, 3.63) is 0 Å². The number of amides is 1. The van der Waals surface area contributed by atoms with Gasteiger partial charge in [0.05, 0.1) is 5.75 Å². The Kier molecular flexibility index (Phi) is 4.73. The summed E-state index contributed by atoms with van der Waals surface area (Å²) in [5, 5.41) is 8.94. The van der Waals surface area contributed by atoms with Crippen LogP contribution in [0.15, 0.2) is 0 Å². The van der Waals surface area contributed by atoms with Crippen molar-refractivity contribution >= 4 is 15.7 Å². The monoisotopic (exact) mass is 249 g/mol. The fraction of sp³-hybridized carbons (Fsp3) is 0.900. The molecule has 1 aliphatic rings. The molecule has 0 aromatic carbocycles. The first-order valence-corrected chi connectivity index (χ1v) is 7.55. The molecule has 1 N–H and O–H groups in total. The summed E-state index contributed by atoms with van der Waals surface area (Å²) in [6, 6.07) is 0. The Morgan fingerprint density at radius 2 is 1.94 bits per heavy atom. The molecule has 1 saturated heterocycles. The first-order valence-electron chi connectivity index (χ1n) is 5.48. The maximum atomic E-state index is 11.6. The third kappa shape index (κ3) is 4.49. The van der Waals surface area contributed by atoms with Gasteiger partial charge in [0.1, 0.15) is 9.84 Å². The first kappa shape index (κ1) is 13.4. The highest BCUT2D eigenvalue weighted by Crippen LogP contribution is 2.16. The van der Waals surface area contributed by atoms with Gasteiger partial charge in [0.2, 0.25) is 5.91 Å². The number of carbonyl (C=O) groups is 1. The third-order valence-electron chi connectivity index (χ3n) is 2.91. The number of hydrogen-bond donors (Lipinski definition) is 1. The number of carbonyl (C=O) groups excluding carboxylic acids is 1. The van der Waals surface area contributed by atoms with E-state index >= 15 is 0 Å². The zero-order chi connectivity index (χ0) is 12.2. The van der Waals surface area contributed by atoms with Crippen LogP contribution in [0.3, 0.4) is 0 Å². The predicted molar refractivity (Wildman–Crippen MR) is 60.7 cm³/mol. The lowest BCUT2D eigenvalue weighted by Gasteiger charge is -2.31. The lowest BCUT2D eigenvalue weighted by atomic mass is 9.98. The summed E-state index contributed by atoms with van der Waals surface area (Å²) in [5.41, 5.74) is 0. The smallest absolute Gasteiger partial charge is 0.223 e. The predicted octanol–water partition coefficient (Wildman–Crippen LogP) is -0.348. The van der Waals surface area contributed by atoms with Crippen molar-refractivity contribution in [3.8, 4) is 0 Å². The number of rotatable bonds is 4. The van der Waals surface area contributed by atoms with Gasteiger partial charge in [-0.3, -0.25) is 4.79 Å². The van der Waals surface area contributed by atoms with Crippen LogP contribution in [0.1, 0.15) is 19.3 Å². The number of aliphatic hydroxyl groups is 1. The number of likely N-dealkylation sites (tertiary alicyclic amines) is 1. The van der Waals surface area contributed by atoms with Crippen LogP contribution in [0.4, 0.5) is 0 Å². The van der Waals surface area contributed by atoms with E-state index in [0.717, 1.165) is 19.1 Å². The molecular weight excluding hydrogens is 230 g/mol. The summed E-state index contributed by atoms with van der Waals surface area (Å²) < 4.78 is 21.8. The largest absolute Gasteiger partial charge is 0.396 e. The van der Waals surface area contributed by atoms with Gasteiger partial charge >= 0.3 is 0 Å². The van der Waals surface area contributed by atoms with Gasteiger partial charge in [-0.25, -0.2) is 8.42 Å². The van der Waals surface area contributed by atoms with E-state index in [1.54, 1.807) is 4.90 Å². The minimum Gasteiger partial charge on any atom is -0.396 e. The lowest BCUT2D eigenvalue weighted by Crippen LogP contribution is -2.39. The Bertz CT molecular complexity index is 331. The highest BCUT2D eigenvalue weighted by atomic mass is 32.2. The van der Waals surface area contributed by atoms with Gasteiger partial charge in [-0.05, 0) is 18.8 Å². The number of hydrogen-bond acceptors (Lipinski definition) is 4. The molecule has 1 rings (SSSR count). The maximum absolute atomic E-state index is 11.6. The van der Waals surface area contributed by atoms with Gasteiger partial charge in [-0.2, -0.15) is 0 Å². The summed E-state index contributed by atoms with van der Waals surface area (Å²) in [5.74, 6) is 0.118.